The quantitative estimate of drug-likeness (QED) is 0.229. The van der Waals surface area contributed by atoms with Gasteiger partial charge in [-0.1, -0.05) is 18.2 Å². The molecule has 15 heteroatoms. The first-order valence-electron chi connectivity index (χ1n) is 11.7. The molecule has 1 aromatic carbocycles. The van der Waals surface area contributed by atoms with Crippen molar-refractivity contribution < 1.29 is 43.9 Å². The van der Waals surface area contributed by atoms with E-state index in [1.54, 1.807) is 30.3 Å². The number of carbonyl (C=O) groups excluding carboxylic acids is 2. The van der Waals surface area contributed by atoms with Gasteiger partial charge in [0.1, 0.15) is 30.5 Å². The minimum absolute atomic E-state index is 0.374. The standard InChI is InChI=1S/C24H28N4O11/c1-27(11-6-4-3-5-7-11)21(34)13-10-12(29)15(31)23(37-13)39-19(20(25)33)18-17(36-2)16(32)22(38-18)28-9-8-14(30)26-24(28)35/h3-10,12,15-19,22-23,29,31-32H,1-2H3,(H2,25,33)(H,26,30,35)/t12-,15-,16+,17-,18-,19+,22+,23+/m0/s1. The fourth-order valence-electron chi connectivity index (χ4n) is 4.31. The molecule has 1 saturated heterocycles. The Hall–Kier alpha value is -3.86. The van der Waals surface area contributed by atoms with E-state index in [-0.39, 0.29) is 5.76 Å². The van der Waals surface area contributed by atoms with Gasteiger partial charge in [-0.3, -0.25) is 23.9 Å². The van der Waals surface area contributed by atoms with Crippen LogP contribution >= 0.6 is 0 Å². The van der Waals surface area contributed by atoms with Gasteiger partial charge in [-0.2, -0.15) is 0 Å². The number of aromatic nitrogens is 2. The number of H-pyrrole nitrogens is 1. The molecule has 6 N–H and O–H groups in total. The second kappa shape index (κ2) is 11.5. The summed E-state index contributed by atoms with van der Waals surface area (Å²) >= 11 is 0. The first kappa shape index (κ1) is 28.2. The lowest BCUT2D eigenvalue weighted by Gasteiger charge is -2.35. The highest BCUT2D eigenvalue weighted by atomic mass is 16.7. The van der Waals surface area contributed by atoms with E-state index in [4.69, 9.17) is 24.7 Å². The Labute approximate surface area is 220 Å². The number of hydrogen-bond donors (Lipinski definition) is 5. The van der Waals surface area contributed by atoms with E-state index in [0.717, 1.165) is 22.9 Å². The minimum atomic E-state index is -1.78. The lowest BCUT2D eigenvalue weighted by molar-refractivity contribution is -0.241. The summed E-state index contributed by atoms with van der Waals surface area (Å²) in [5, 5.41) is 31.7. The number of benzene rings is 1. The average molecular weight is 549 g/mol. The van der Waals surface area contributed by atoms with Gasteiger partial charge in [-0.25, -0.2) is 4.79 Å². The number of methoxy groups -OCH3 is 1. The second-order valence-corrected chi connectivity index (χ2v) is 8.86. The maximum Gasteiger partial charge on any atom is 0.330 e. The van der Waals surface area contributed by atoms with Crippen LogP contribution in [-0.2, 0) is 28.5 Å². The summed E-state index contributed by atoms with van der Waals surface area (Å²) in [6, 6.07) is 9.56. The predicted molar refractivity (Wildman–Crippen MR) is 131 cm³/mol. The minimum Gasteiger partial charge on any atom is -0.456 e. The highest BCUT2D eigenvalue weighted by Crippen LogP contribution is 2.34. The fourth-order valence-corrected chi connectivity index (χ4v) is 4.31. The maximum atomic E-state index is 13.0. The van der Waals surface area contributed by atoms with Gasteiger partial charge in [0.15, 0.2) is 18.1 Å². The Morgan fingerprint density at radius 1 is 1.13 bits per heavy atom. The van der Waals surface area contributed by atoms with Gasteiger partial charge in [-0.15, -0.1) is 0 Å². The molecular formula is C24H28N4O11. The number of amides is 2. The zero-order chi connectivity index (χ0) is 28.4. The van der Waals surface area contributed by atoms with Crippen LogP contribution < -0.4 is 21.9 Å². The maximum absolute atomic E-state index is 13.0. The number of hydrogen-bond acceptors (Lipinski definition) is 11. The number of ether oxygens (including phenoxy) is 4. The van der Waals surface area contributed by atoms with E-state index < -0.39 is 72.2 Å². The van der Waals surface area contributed by atoms with Crippen molar-refractivity contribution in [2.45, 2.75) is 49.1 Å². The van der Waals surface area contributed by atoms with Crippen molar-refractivity contribution >= 4 is 17.5 Å². The van der Waals surface area contributed by atoms with E-state index in [1.165, 1.54) is 19.1 Å². The lowest BCUT2D eigenvalue weighted by atomic mass is 10.0. The summed E-state index contributed by atoms with van der Waals surface area (Å²) in [4.78, 5) is 52.4. The summed E-state index contributed by atoms with van der Waals surface area (Å²) in [6.45, 7) is 0. The molecule has 15 nitrogen and oxygen atoms in total. The van der Waals surface area contributed by atoms with Crippen LogP contribution in [0.3, 0.4) is 0 Å². The van der Waals surface area contributed by atoms with E-state index in [1.807, 2.05) is 4.98 Å². The van der Waals surface area contributed by atoms with E-state index >= 15 is 0 Å². The van der Waals surface area contributed by atoms with Crippen molar-refractivity contribution in [1.82, 2.24) is 9.55 Å². The average Bonchev–Trinajstić information content (AvgIpc) is 3.24. The Morgan fingerprint density at radius 3 is 2.44 bits per heavy atom. The molecule has 3 heterocycles. The number of aliphatic hydroxyl groups excluding tert-OH is 3. The molecule has 2 aliphatic heterocycles. The van der Waals surface area contributed by atoms with Crippen LogP contribution in [0.2, 0.25) is 0 Å². The number of primary amides is 1. The molecule has 1 aromatic heterocycles. The van der Waals surface area contributed by atoms with E-state index in [9.17, 15) is 34.5 Å². The molecule has 4 rings (SSSR count). The smallest absolute Gasteiger partial charge is 0.330 e. The van der Waals surface area contributed by atoms with E-state index in [0.29, 0.717) is 5.69 Å². The monoisotopic (exact) mass is 548 g/mol. The largest absolute Gasteiger partial charge is 0.456 e. The molecule has 210 valence electrons. The summed E-state index contributed by atoms with van der Waals surface area (Å²) in [7, 11) is 2.67. The molecule has 1 fully saturated rings. The number of aliphatic hydroxyl groups is 3. The molecule has 2 aromatic rings. The first-order chi connectivity index (χ1) is 18.5. The zero-order valence-electron chi connectivity index (χ0n) is 20.8. The summed E-state index contributed by atoms with van der Waals surface area (Å²) < 4.78 is 23.0. The Morgan fingerprint density at radius 2 is 1.82 bits per heavy atom. The number of rotatable bonds is 8. The SMILES string of the molecule is CO[C@H]1[C@@H](O)[C@H](n2ccc(=O)[nH]c2=O)O[C@@H]1[C@@H](O[C@H]1OC(C(=O)N(C)c2ccccc2)=C[C@H](O)[C@@H]1O)C(N)=O. The van der Waals surface area contributed by atoms with Gasteiger partial charge in [0.05, 0.1) is 0 Å². The highest BCUT2D eigenvalue weighted by molar-refractivity contribution is 6.04. The molecular weight excluding hydrogens is 520 g/mol. The number of anilines is 1. The third-order valence-electron chi connectivity index (χ3n) is 6.36. The van der Waals surface area contributed by atoms with Crippen molar-refractivity contribution in [2.24, 2.45) is 5.73 Å². The van der Waals surface area contributed by atoms with Crippen LogP contribution in [-0.4, -0.2) is 93.8 Å². The number of nitrogens with one attached hydrogen (secondary N) is 1. The molecule has 0 saturated carbocycles. The third kappa shape index (κ3) is 5.63. The number of aromatic amines is 1. The molecule has 0 spiro atoms. The number of para-hydroxylation sites is 1. The van der Waals surface area contributed by atoms with Gasteiger partial charge in [-0.05, 0) is 18.2 Å². The molecule has 39 heavy (non-hydrogen) atoms. The van der Waals surface area contributed by atoms with Crippen LogP contribution in [0.4, 0.5) is 5.69 Å². The molecule has 0 unspecified atom stereocenters. The Bertz CT molecular complexity index is 1340. The number of likely N-dealkylation sites (N-methyl/N-ethyl adjacent to an activating group) is 1. The normalized spacial score (nSPS) is 29.3. The highest BCUT2D eigenvalue weighted by Gasteiger charge is 2.52. The third-order valence-corrected chi connectivity index (χ3v) is 6.36. The van der Waals surface area contributed by atoms with Gasteiger partial charge in [0.2, 0.25) is 12.2 Å². The van der Waals surface area contributed by atoms with Crippen molar-refractivity contribution in [3.63, 3.8) is 0 Å². The summed E-state index contributed by atoms with van der Waals surface area (Å²) in [5.41, 5.74) is 4.48. The van der Waals surface area contributed by atoms with Gasteiger partial charge >= 0.3 is 5.69 Å². The van der Waals surface area contributed by atoms with Gasteiger partial charge < -0.3 is 44.9 Å². The van der Waals surface area contributed by atoms with Gasteiger partial charge in [0, 0.05) is 32.1 Å². The van der Waals surface area contributed by atoms with Crippen LogP contribution in [0, 0.1) is 0 Å². The molecule has 0 bridgehead atoms. The topological polar surface area (TPSA) is 216 Å². The van der Waals surface area contributed by atoms with Crippen molar-refractivity contribution in [3.05, 3.63) is 75.3 Å². The zero-order valence-corrected chi connectivity index (χ0v) is 20.8. The second-order valence-electron chi connectivity index (χ2n) is 8.86. The van der Waals surface area contributed by atoms with Crippen LogP contribution in [0.15, 0.2) is 64.0 Å². The number of nitrogens with two attached hydrogens (primary N) is 1. The van der Waals surface area contributed by atoms with Crippen LogP contribution in [0.5, 0.6) is 0 Å². The van der Waals surface area contributed by atoms with Crippen molar-refractivity contribution in [3.8, 4) is 0 Å². The van der Waals surface area contributed by atoms with Gasteiger partial charge in [0.25, 0.3) is 11.5 Å². The van der Waals surface area contributed by atoms with Crippen molar-refractivity contribution in [1.29, 1.82) is 0 Å². The van der Waals surface area contributed by atoms with E-state index in [2.05, 4.69) is 0 Å². The number of carbonyl (C=O) groups is 2. The van der Waals surface area contributed by atoms with Crippen LogP contribution in [0.1, 0.15) is 6.23 Å². The first-order valence-corrected chi connectivity index (χ1v) is 11.7. The van der Waals surface area contributed by atoms with Crippen LogP contribution in [0.25, 0.3) is 0 Å². The molecule has 0 radical (unpaired) electrons. The molecule has 2 aliphatic rings. The molecule has 8 atom stereocenters. The fraction of sp³-hybridized carbons (Fsp3) is 0.417. The predicted octanol–water partition coefficient (Wildman–Crippen LogP) is -2.69. The van der Waals surface area contributed by atoms with Crippen molar-refractivity contribution in [2.75, 3.05) is 19.1 Å². The molecule has 0 aliphatic carbocycles. The molecule has 2 amide bonds. The summed E-state index contributed by atoms with van der Waals surface area (Å²) in [6.07, 6.45) is -10.5. The summed E-state index contributed by atoms with van der Waals surface area (Å²) in [5.74, 6) is -2.19. The lowest BCUT2D eigenvalue weighted by Crippen LogP contribution is -2.54. The Kier molecular flexibility index (Phi) is 8.29. The Balaban J connectivity index is 1.57. The number of nitrogens with zero attached hydrogens (tertiary/aromatic N) is 2.